The van der Waals surface area contributed by atoms with Crippen LogP contribution in [0.15, 0.2) is 9.98 Å². The number of likely N-dealkylation sites (tertiary alicyclic amines) is 1. The minimum atomic E-state index is 0. The molecule has 0 atom stereocenters. The first-order valence-electron chi connectivity index (χ1n) is 7.13. The third-order valence-corrected chi connectivity index (χ3v) is 3.13. The Bertz CT molecular complexity index is 281. The molecule has 1 saturated heterocycles. The normalized spacial score (nSPS) is 15.8. The van der Waals surface area contributed by atoms with Gasteiger partial charge < -0.3 is 16.4 Å². The lowest BCUT2D eigenvalue weighted by molar-refractivity contribution is 0.338. The number of aliphatic imine (C=N–C) groups is 2. The Hall–Kier alpha value is -0.970. The summed E-state index contributed by atoms with van der Waals surface area (Å²) in [6.07, 6.45) is 8.57. The Morgan fingerprint density at radius 3 is 2.32 bits per heavy atom. The van der Waals surface area contributed by atoms with Gasteiger partial charge in [0.05, 0.1) is 0 Å². The number of hydrogen-bond donors (Lipinski definition) is 2. The topological polar surface area (TPSA) is 80.0 Å². The molecule has 4 N–H and O–H groups in total. The Labute approximate surface area is 122 Å². The maximum atomic E-state index is 5.47. The number of nitrogens with two attached hydrogens (primary N) is 2. The molecule has 1 rings (SSSR count). The van der Waals surface area contributed by atoms with Gasteiger partial charge in [-0.25, -0.2) is 0 Å². The fourth-order valence-electron chi connectivity index (χ4n) is 2.13. The molecule has 112 valence electrons. The average molecular weight is 290 g/mol. The summed E-state index contributed by atoms with van der Waals surface area (Å²) in [5, 5.41) is 0. The Morgan fingerprint density at radius 2 is 1.74 bits per heavy atom. The first-order chi connectivity index (χ1) is 8.74. The molecule has 5 nitrogen and oxygen atoms in total. The smallest absolute Gasteiger partial charge is 0.223 e. The number of nitrogens with zero attached hydrogens (tertiary/aromatic N) is 3. The largest absolute Gasteiger partial charge is 0.370 e. The van der Waals surface area contributed by atoms with Crippen molar-refractivity contribution in [2.24, 2.45) is 21.5 Å². The van der Waals surface area contributed by atoms with E-state index >= 15 is 0 Å². The van der Waals surface area contributed by atoms with Gasteiger partial charge in [0.15, 0.2) is 5.96 Å². The summed E-state index contributed by atoms with van der Waals surface area (Å²) in [5.74, 6) is 0.832. The molecule has 0 aromatic rings. The highest BCUT2D eigenvalue weighted by atomic mass is 35.5. The van der Waals surface area contributed by atoms with Gasteiger partial charge in [0, 0.05) is 19.6 Å². The van der Waals surface area contributed by atoms with E-state index in [1.807, 2.05) is 0 Å². The molecule has 19 heavy (non-hydrogen) atoms. The third kappa shape index (κ3) is 7.93. The summed E-state index contributed by atoms with van der Waals surface area (Å²) in [6, 6.07) is 0. The second-order valence-electron chi connectivity index (χ2n) is 4.83. The molecule has 6 heteroatoms. The summed E-state index contributed by atoms with van der Waals surface area (Å²) >= 11 is 0. The van der Waals surface area contributed by atoms with Crippen molar-refractivity contribution in [3.8, 4) is 0 Å². The van der Waals surface area contributed by atoms with E-state index in [0.717, 1.165) is 32.0 Å². The van der Waals surface area contributed by atoms with Gasteiger partial charge in [-0.2, -0.15) is 4.99 Å². The minimum Gasteiger partial charge on any atom is -0.370 e. The van der Waals surface area contributed by atoms with Crippen molar-refractivity contribution in [2.75, 3.05) is 19.6 Å². The van der Waals surface area contributed by atoms with Crippen LogP contribution in [0, 0.1) is 0 Å². The van der Waals surface area contributed by atoms with Crippen molar-refractivity contribution >= 4 is 24.3 Å². The number of rotatable bonds is 5. The fourth-order valence-corrected chi connectivity index (χ4v) is 2.13. The first kappa shape index (κ1) is 18.0. The highest BCUT2D eigenvalue weighted by molar-refractivity contribution is 5.93. The second kappa shape index (κ2) is 10.9. The monoisotopic (exact) mass is 289 g/mol. The van der Waals surface area contributed by atoms with Crippen LogP contribution in [0.3, 0.4) is 0 Å². The van der Waals surface area contributed by atoms with E-state index in [1.165, 1.54) is 38.5 Å². The van der Waals surface area contributed by atoms with Crippen LogP contribution in [0.5, 0.6) is 0 Å². The third-order valence-electron chi connectivity index (χ3n) is 3.13. The highest BCUT2D eigenvalue weighted by Crippen LogP contribution is 2.10. The van der Waals surface area contributed by atoms with Gasteiger partial charge in [-0.3, -0.25) is 4.99 Å². The van der Waals surface area contributed by atoms with Crippen molar-refractivity contribution in [3.05, 3.63) is 0 Å². The van der Waals surface area contributed by atoms with Gasteiger partial charge in [-0.1, -0.05) is 26.2 Å². The van der Waals surface area contributed by atoms with Gasteiger partial charge in [-0.15, -0.1) is 12.4 Å². The van der Waals surface area contributed by atoms with Crippen molar-refractivity contribution < 1.29 is 0 Å². The standard InChI is InChI=1S/C13H27N5.ClH/c1-2-3-4-6-9-16-13(17-12(14)15)18-10-7-5-8-11-18;/h2-11H2,1H3,(H4,14,15,16,17);1H. The van der Waals surface area contributed by atoms with E-state index < -0.39 is 0 Å². The predicted molar refractivity (Wildman–Crippen MR) is 84.9 cm³/mol. The molecule has 0 saturated carbocycles. The van der Waals surface area contributed by atoms with Crippen LogP contribution in [0.2, 0.25) is 0 Å². The molecule has 0 radical (unpaired) electrons. The van der Waals surface area contributed by atoms with E-state index in [4.69, 9.17) is 11.5 Å². The first-order valence-corrected chi connectivity index (χ1v) is 7.13. The fraction of sp³-hybridized carbons (Fsp3) is 0.846. The Kier molecular flexibility index (Phi) is 10.4. The minimum absolute atomic E-state index is 0. The molecule has 0 spiro atoms. The predicted octanol–water partition coefficient (Wildman–Crippen LogP) is 2.10. The summed E-state index contributed by atoms with van der Waals surface area (Å²) < 4.78 is 0. The van der Waals surface area contributed by atoms with Crippen LogP contribution < -0.4 is 11.5 Å². The lowest BCUT2D eigenvalue weighted by Crippen LogP contribution is -2.37. The molecule has 0 aromatic carbocycles. The summed E-state index contributed by atoms with van der Waals surface area (Å²) in [5.41, 5.74) is 10.9. The maximum absolute atomic E-state index is 5.47. The van der Waals surface area contributed by atoms with E-state index in [2.05, 4.69) is 21.8 Å². The van der Waals surface area contributed by atoms with Gasteiger partial charge >= 0.3 is 0 Å². The Balaban J connectivity index is 0.00000324. The number of halogens is 1. The number of guanidine groups is 2. The van der Waals surface area contributed by atoms with Crippen LogP contribution >= 0.6 is 12.4 Å². The van der Waals surface area contributed by atoms with E-state index in [-0.39, 0.29) is 18.4 Å². The van der Waals surface area contributed by atoms with Gasteiger partial charge in [0.2, 0.25) is 5.96 Å². The molecule has 0 aliphatic carbocycles. The molecular weight excluding hydrogens is 262 g/mol. The lowest BCUT2D eigenvalue weighted by atomic mass is 10.1. The summed E-state index contributed by atoms with van der Waals surface area (Å²) in [4.78, 5) is 10.9. The van der Waals surface area contributed by atoms with Crippen molar-refractivity contribution in [3.63, 3.8) is 0 Å². The van der Waals surface area contributed by atoms with Crippen molar-refractivity contribution in [1.82, 2.24) is 4.90 Å². The molecule has 1 aliphatic heterocycles. The molecule has 1 fully saturated rings. The van der Waals surface area contributed by atoms with Gasteiger partial charge in [0.1, 0.15) is 0 Å². The van der Waals surface area contributed by atoms with Crippen LogP contribution in [0.25, 0.3) is 0 Å². The molecule has 0 amide bonds. The van der Waals surface area contributed by atoms with E-state index in [0.29, 0.717) is 0 Å². The van der Waals surface area contributed by atoms with Crippen LogP contribution in [0.4, 0.5) is 0 Å². The van der Waals surface area contributed by atoms with Gasteiger partial charge in [-0.05, 0) is 25.7 Å². The molecule has 1 heterocycles. The maximum Gasteiger partial charge on any atom is 0.223 e. The molecule has 1 aliphatic rings. The van der Waals surface area contributed by atoms with Crippen molar-refractivity contribution in [2.45, 2.75) is 51.9 Å². The Morgan fingerprint density at radius 1 is 1.05 bits per heavy atom. The number of unbranched alkanes of at least 4 members (excludes halogenated alkanes) is 3. The molecular formula is C13H28ClN5. The molecule has 0 aromatic heterocycles. The SMILES string of the molecule is CCCCCCN=C(N=C(N)N)N1CCCCC1.Cl. The zero-order valence-electron chi connectivity index (χ0n) is 12.0. The summed E-state index contributed by atoms with van der Waals surface area (Å²) in [6.45, 7) is 5.07. The van der Waals surface area contributed by atoms with E-state index in [1.54, 1.807) is 0 Å². The molecule has 0 unspecified atom stereocenters. The summed E-state index contributed by atoms with van der Waals surface area (Å²) in [7, 11) is 0. The van der Waals surface area contributed by atoms with Crippen molar-refractivity contribution in [1.29, 1.82) is 0 Å². The number of piperidine rings is 1. The lowest BCUT2D eigenvalue weighted by Gasteiger charge is -2.27. The zero-order chi connectivity index (χ0) is 13.2. The zero-order valence-corrected chi connectivity index (χ0v) is 12.8. The highest BCUT2D eigenvalue weighted by Gasteiger charge is 2.14. The molecule has 0 bridgehead atoms. The quantitative estimate of drug-likeness (QED) is 0.462. The van der Waals surface area contributed by atoms with Crippen LogP contribution in [0.1, 0.15) is 51.9 Å². The number of hydrogen-bond acceptors (Lipinski definition) is 1. The van der Waals surface area contributed by atoms with Crippen LogP contribution in [-0.4, -0.2) is 36.5 Å². The average Bonchev–Trinajstić information content (AvgIpc) is 2.38. The van der Waals surface area contributed by atoms with E-state index in [9.17, 15) is 0 Å². The second-order valence-corrected chi connectivity index (χ2v) is 4.83. The van der Waals surface area contributed by atoms with Crippen LogP contribution in [-0.2, 0) is 0 Å². The van der Waals surface area contributed by atoms with Gasteiger partial charge in [0.25, 0.3) is 0 Å².